The van der Waals surface area contributed by atoms with Gasteiger partial charge in [-0.1, -0.05) is 0 Å². The number of hydrogen-bond donors (Lipinski definition) is 1. The molecule has 1 fully saturated rings. The van der Waals surface area contributed by atoms with Crippen molar-refractivity contribution in [2.45, 2.75) is 26.3 Å². The van der Waals surface area contributed by atoms with Crippen molar-refractivity contribution in [2.75, 3.05) is 26.2 Å². The zero-order valence-electron chi connectivity index (χ0n) is 8.89. The van der Waals surface area contributed by atoms with Crippen LogP contribution in [0.5, 0.6) is 0 Å². The largest absolute Gasteiger partial charge is 0.478 e. The van der Waals surface area contributed by atoms with E-state index in [2.05, 4.69) is 37.6 Å². The van der Waals surface area contributed by atoms with Crippen molar-refractivity contribution in [3.8, 4) is 0 Å². The second-order valence-electron chi connectivity index (χ2n) is 4.41. The van der Waals surface area contributed by atoms with E-state index in [-0.39, 0.29) is 5.54 Å². The van der Waals surface area contributed by atoms with Crippen LogP contribution in [0.4, 0.5) is 0 Å². The van der Waals surface area contributed by atoms with E-state index in [1.807, 2.05) is 0 Å². The molecule has 0 aliphatic carbocycles. The van der Waals surface area contributed by atoms with Gasteiger partial charge < -0.3 is 15.0 Å². The number of nitrogens with zero attached hydrogens (tertiary/aromatic N) is 1. The highest BCUT2D eigenvalue weighted by atomic mass is 16.5. The molecule has 1 aliphatic rings. The van der Waals surface area contributed by atoms with Gasteiger partial charge in [-0.2, -0.15) is 0 Å². The summed E-state index contributed by atoms with van der Waals surface area (Å²) >= 11 is 0. The normalized spacial score (nSPS) is 17.8. The van der Waals surface area contributed by atoms with E-state index in [0.29, 0.717) is 0 Å². The third kappa shape index (κ3) is 3.68. The molecule has 13 heavy (non-hydrogen) atoms. The quantitative estimate of drug-likeness (QED) is 0.713. The second-order valence-corrected chi connectivity index (χ2v) is 4.41. The summed E-state index contributed by atoms with van der Waals surface area (Å²) in [4.78, 5) is 2.17. The second kappa shape index (κ2) is 4.01. The predicted molar refractivity (Wildman–Crippen MR) is 54.4 cm³/mol. The number of nitrogens with one attached hydrogen (secondary N) is 1. The first kappa shape index (κ1) is 10.4. The molecule has 3 nitrogen and oxygen atoms in total. The molecular weight excluding hydrogens is 164 g/mol. The van der Waals surface area contributed by atoms with Gasteiger partial charge in [0, 0.05) is 18.6 Å². The maximum absolute atomic E-state index is 5.25. The lowest BCUT2D eigenvalue weighted by molar-refractivity contribution is 0.234. The lowest BCUT2D eigenvalue weighted by Gasteiger charge is -2.23. The van der Waals surface area contributed by atoms with Gasteiger partial charge in [0.2, 0.25) is 0 Å². The Morgan fingerprint density at radius 1 is 1.54 bits per heavy atom. The highest BCUT2D eigenvalue weighted by Crippen LogP contribution is 2.10. The molecular formula is C10H20N2O. The molecule has 1 saturated heterocycles. The molecule has 0 spiro atoms. The minimum Gasteiger partial charge on any atom is -0.478 e. The molecule has 1 rings (SSSR count). The summed E-state index contributed by atoms with van der Waals surface area (Å²) in [6, 6.07) is 0. The van der Waals surface area contributed by atoms with Crippen LogP contribution in [0.15, 0.2) is 12.5 Å². The summed E-state index contributed by atoms with van der Waals surface area (Å²) in [7, 11) is 0. The smallest absolute Gasteiger partial charge is 0.182 e. The predicted octanol–water partition coefficient (Wildman–Crippen LogP) is 1.18. The number of rotatable bonds is 3. The van der Waals surface area contributed by atoms with Crippen molar-refractivity contribution in [3.05, 3.63) is 12.5 Å². The molecule has 0 atom stereocenters. The van der Waals surface area contributed by atoms with Gasteiger partial charge in [-0.15, -0.1) is 0 Å². The molecule has 0 bridgehead atoms. The minimum atomic E-state index is 0.196. The van der Waals surface area contributed by atoms with E-state index in [1.165, 1.54) is 0 Å². The lowest BCUT2D eigenvalue weighted by atomic mass is 10.1. The molecule has 1 heterocycles. The van der Waals surface area contributed by atoms with Crippen molar-refractivity contribution in [2.24, 2.45) is 0 Å². The molecule has 0 amide bonds. The van der Waals surface area contributed by atoms with Crippen LogP contribution >= 0.6 is 0 Å². The Bertz CT molecular complexity index is 184. The van der Waals surface area contributed by atoms with Crippen LogP contribution in [0.3, 0.4) is 0 Å². The Morgan fingerprint density at radius 3 is 2.69 bits per heavy atom. The third-order valence-corrected chi connectivity index (χ3v) is 2.02. The third-order valence-electron chi connectivity index (χ3n) is 2.02. The average molecular weight is 184 g/mol. The molecule has 1 N–H and O–H groups in total. The van der Waals surface area contributed by atoms with E-state index in [9.17, 15) is 0 Å². The maximum atomic E-state index is 5.25. The van der Waals surface area contributed by atoms with Crippen LogP contribution in [0.2, 0.25) is 0 Å². The van der Waals surface area contributed by atoms with Crippen molar-refractivity contribution in [3.63, 3.8) is 0 Å². The molecule has 0 aromatic rings. The maximum Gasteiger partial charge on any atom is 0.182 e. The van der Waals surface area contributed by atoms with E-state index in [4.69, 9.17) is 4.74 Å². The molecule has 0 aromatic carbocycles. The fourth-order valence-corrected chi connectivity index (χ4v) is 1.29. The highest BCUT2D eigenvalue weighted by Gasteiger charge is 2.16. The summed E-state index contributed by atoms with van der Waals surface area (Å²) in [6.07, 6.45) is 0. The highest BCUT2D eigenvalue weighted by molar-refractivity contribution is 4.89. The summed E-state index contributed by atoms with van der Waals surface area (Å²) < 4.78 is 5.25. The van der Waals surface area contributed by atoms with Crippen molar-refractivity contribution >= 4 is 0 Å². The first-order valence-electron chi connectivity index (χ1n) is 4.81. The van der Waals surface area contributed by atoms with Crippen LogP contribution in [0, 0.1) is 0 Å². The number of ether oxygens (including phenoxy) is 1. The van der Waals surface area contributed by atoms with Crippen molar-refractivity contribution in [1.82, 2.24) is 10.2 Å². The Labute approximate surface area is 80.8 Å². The van der Waals surface area contributed by atoms with Crippen LogP contribution in [0.25, 0.3) is 0 Å². The van der Waals surface area contributed by atoms with Crippen molar-refractivity contribution < 1.29 is 4.74 Å². The minimum absolute atomic E-state index is 0.196. The summed E-state index contributed by atoms with van der Waals surface area (Å²) in [6.45, 7) is 14.1. The number of hydrogen-bond acceptors (Lipinski definition) is 3. The molecule has 1 aliphatic heterocycles. The monoisotopic (exact) mass is 184 g/mol. The topological polar surface area (TPSA) is 24.5 Å². The van der Waals surface area contributed by atoms with Crippen molar-refractivity contribution in [1.29, 1.82) is 0 Å². The first-order chi connectivity index (χ1) is 5.99. The standard InChI is InChI=1S/C10H20N2O/c1-9-12(7-8-13-9)6-5-11-10(2,3)4/h11H,1,5-8H2,2-4H3. The van der Waals surface area contributed by atoms with Gasteiger partial charge in [0.05, 0.1) is 6.54 Å². The summed E-state index contributed by atoms with van der Waals surface area (Å²) in [5.74, 6) is 0.815. The molecule has 0 aromatic heterocycles. The van der Waals surface area contributed by atoms with Crippen LogP contribution < -0.4 is 5.32 Å². The van der Waals surface area contributed by atoms with Gasteiger partial charge in [0.25, 0.3) is 0 Å². The van der Waals surface area contributed by atoms with E-state index in [1.54, 1.807) is 0 Å². The average Bonchev–Trinajstić information content (AvgIpc) is 2.34. The molecule has 0 saturated carbocycles. The zero-order valence-corrected chi connectivity index (χ0v) is 8.89. The van der Waals surface area contributed by atoms with Gasteiger partial charge >= 0.3 is 0 Å². The molecule has 0 unspecified atom stereocenters. The lowest BCUT2D eigenvalue weighted by Crippen LogP contribution is -2.40. The molecule has 0 radical (unpaired) electrons. The Morgan fingerprint density at radius 2 is 2.23 bits per heavy atom. The van der Waals surface area contributed by atoms with E-state index < -0.39 is 0 Å². The molecule has 76 valence electrons. The Kier molecular flexibility index (Phi) is 3.20. The molecule has 3 heteroatoms. The summed E-state index contributed by atoms with van der Waals surface area (Å²) in [5.41, 5.74) is 0.196. The fourth-order valence-electron chi connectivity index (χ4n) is 1.29. The van der Waals surface area contributed by atoms with E-state index >= 15 is 0 Å². The Balaban J connectivity index is 2.16. The van der Waals surface area contributed by atoms with Crippen LogP contribution in [-0.4, -0.2) is 36.7 Å². The zero-order chi connectivity index (χ0) is 9.90. The van der Waals surface area contributed by atoms with E-state index in [0.717, 1.165) is 32.1 Å². The van der Waals surface area contributed by atoms with Crippen LogP contribution in [-0.2, 0) is 4.74 Å². The fraction of sp³-hybridized carbons (Fsp3) is 0.800. The SMILES string of the molecule is C=C1OCCN1CCNC(C)(C)C. The van der Waals surface area contributed by atoms with Gasteiger partial charge in [-0.3, -0.25) is 0 Å². The summed E-state index contributed by atoms with van der Waals surface area (Å²) in [5, 5.41) is 3.43. The van der Waals surface area contributed by atoms with Crippen LogP contribution in [0.1, 0.15) is 20.8 Å². The van der Waals surface area contributed by atoms with Gasteiger partial charge in [0.1, 0.15) is 6.61 Å². The van der Waals surface area contributed by atoms with Gasteiger partial charge in [0.15, 0.2) is 5.88 Å². The van der Waals surface area contributed by atoms with Gasteiger partial charge in [-0.05, 0) is 27.4 Å². The van der Waals surface area contributed by atoms with Gasteiger partial charge in [-0.25, -0.2) is 0 Å². The Hall–Kier alpha value is -0.700. The first-order valence-corrected chi connectivity index (χ1v) is 4.81.